The van der Waals surface area contributed by atoms with E-state index in [4.69, 9.17) is 0 Å². The Morgan fingerprint density at radius 1 is 1.08 bits per heavy atom. The molecular weight excluding hydrogens is 348 g/mol. The molecule has 2 saturated heterocycles. The highest BCUT2D eigenvalue weighted by molar-refractivity contribution is 7.92. The van der Waals surface area contributed by atoms with Crippen molar-refractivity contribution in [3.05, 3.63) is 35.1 Å². The first-order valence-electron chi connectivity index (χ1n) is 7.74. The number of hydrogen-bond acceptors (Lipinski definition) is 3. The second-order valence-corrected chi connectivity index (χ2v) is 9.00. The van der Waals surface area contributed by atoms with E-state index in [2.05, 4.69) is 0 Å². The van der Waals surface area contributed by atoms with Gasteiger partial charge in [0.1, 0.15) is 5.82 Å². The Hall–Kier alpha value is -1.44. The smallest absolute Gasteiger partial charge is 0.294 e. The highest BCUT2D eigenvalue weighted by Crippen LogP contribution is 2.41. The zero-order chi connectivity index (χ0) is 17.7. The third-order valence-electron chi connectivity index (χ3n) is 5.01. The van der Waals surface area contributed by atoms with Crippen LogP contribution in [0.5, 0.6) is 0 Å². The van der Waals surface area contributed by atoms with E-state index in [0.29, 0.717) is 25.0 Å². The summed E-state index contributed by atoms with van der Waals surface area (Å²) in [5.74, 6) is -2.55. The number of halogens is 4. The number of fused-ring (bicyclic) bond motifs is 2. The molecule has 0 amide bonds. The first-order valence-corrected chi connectivity index (χ1v) is 9.35. The van der Waals surface area contributed by atoms with Crippen molar-refractivity contribution in [2.45, 2.75) is 48.8 Å². The van der Waals surface area contributed by atoms with E-state index >= 15 is 0 Å². The summed E-state index contributed by atoms with van der Waals surface area (Å²) in [5.41, 5.74) is -1.55. The fraction of sp³-hybridized carbons (Fsp3) is 0.562. The van der Waals surface area contributed by atoms with Gasteiger partial charge in [-0.25, -0.2) is 12.8 Å². The van der Waals surface area contributed by atoms with Gasteiger partial charge in [-0.1, -0.05) is 12.5 Å². The lowest BCUT2D eigenvalue weighted by Crippen LogP contribution is -2.45. The van der Waals surface area contributed by atoms with Crippen molar-refractivity contribution in [2.24, 2.45) is 5.92 Å². The largest absolute Gasteiger partial charge is 0.419 e. The molecule has 2 unspecified atom stereocenters. The lowest BCUT2D eigenvalue weighted by molar-refractivity contribution is -0.140. The summed E-state index contributed by atoms with van der Waals surface area (Å²) in [6, 6.07) is 2.13. The van der Waals surface area contributed by atoms with Gasteiger partial charge in [0.2, 0.25) is 0 Å². The number of carbonyl (C=O) groups is 1. The van der Waals surface area contributed by atoms with Crippen LogP contribution >= 0.6 is 0 Å². The molecular formula is C16H16F4O3S. The minimum Gasteiger partial charge on any atom is -0.294 e. The van der Waals surface area contributed by atoms with E-state index in [-0.39, 0.29) is 18.4 Å². The number of Topliss-reactive ketones (excluding diaryl/α,β-unsaturated/α-hetero) is 1. The maximum absolute atomic E-state index is 13.7. The Morgan fingerprint density at radius 3 is 2.17 bits per heavy atom. The van der Waals surface area contributed by atoms with Crippen LogP contribution in [-0.2, 0) is 16.0 Å². The van der Waals surface area contributed by atoms with E-state index in [1.54, 1.807) is 0 Å². The van der Waals surface area contributed by atoms with Gasteiger partial charge in [0, 0.05) is 11.5 Å². The van der Waals surface area contributed by atoms with E-state index in [1.807, 2.05) is 0 Å². The molecule has 132 valence electrons. The normalized spacial score (nSPS) is 29.2. The molecule has 0 spiro atoms. The van der Waals surface area contributed by atoms with Crippen LogP contribution in [0.2, 0.25) is 0 Å². The van der Waals surface area contributed by atoms with Gasteiger partial charge in [0.05, 0.1) is 16.1 Å². The summed E-state index contributed by atoms with van der Waals surface area (Å²) in [6.45, 7) is 0. The second-order valence-electron chi connectivity index (χ2n) is 6.49. The van der Waals surface area contributed by atoms with Crippen LogP contribution in [0.3, 0.4) is 0 Å². The molecule has 0 N–H and O–H groups in total. The van der Waals surface area contributed by atoms with Crippen molar-refractivity contribution >= 4 is 15.6 Å². The number of rotatable bonds is 2. The molecule has 2 heterocycles. The fourth-order valence-electron chi connectivity index (χ4n) is 3.76. The standard InChI is InChI=1S/C16H16F4O3S/c17-14-8-9(4-5-13(14)16(18,19)20)15(21)10-6-11-2-1-3-12(7-10)24(11,22)23/h4-5,8,10-12H,1-3,6-7H2. The zero-order valence-electron chi connectivity index (χ0n) is 12.6. The molecule has 24 heavy (non-hydrogen) atoms. The molecule has 2 aliphatic heterocycles. The molecule has 0 aliphatic carbocycles. The van der Waals surface area contributed by atoms with Crippen molar-refractivity contribution in [2.75, 3.05) is 0 Å². The topological polar surface area (TPSA) is 51.2 Å². The minimum absolute atomic E-state index is 0.136. The molecule has 0 radical (unpaired) electrons. The Labute approximate surface area is 137 Å². The SMILES string of the molecule is O=C(c1ccc(C(F)(F)F)c(F)c1)C1CC2CCCC(C1)S2(=O)=O. The van der Waals surface area contributed by atoms with Crippen LogP contribution in [0.25, 0.3) is 0 Å². The second kappa shape index (κ2) is 5.82. The Balaban J connectivity index is 1.84. The molecule has 3 rings (SSSR count). The highest BCUT2D eigenvalue weighted by Gasteiger charge is 2.46. The molecule has 1 aromatic carbocycles. The predicted octanol–water partition coefficient (Wildman–Crippen LogP) is 3.77. The lowest BCUT2D eigenvalue weighted by atomic mass is 9.84. The third-order valence-corrected chi connectivity index (χ3v) is 7.72. The van der Waals surface area contributed by atoms with Crippen molar-refractivity contribution in [3.63, 3.8) is 0 Å². The predicted molar refractivity (Wildman–Crippen MR) is 78.8 cm³/mol. The quantitative estimate of drug-likeness (QED) is 0.593. The van der Waals surface area contributed by atoms with Crippen LogP contribution in [0.4, 0.5) is 17.6 Å². The van der Waals surface area contributed by atoms with Gasteiger partial charge in [-0.15, -0.1) is 0 Å². The molecule has 2 fully saturated rings. The van der Waals surface area contributed by atoms with Gasteiger partial charge in [-0.3, -0.25) is 4.79 Å². The summed E-state index contributed by atoms with van der Waals surface area (Å²) < 4.78 is 75.8. The van der Waals surface area contributed by atoms with Crippen LogP contribution in [0.1, 0.15) is 48.0 Å². The van der Waals surface area contributed by atoms with Crippen molar-refractivity contribution < 1.29 is 30.8 Å². The third kappa shape index (κ3) is 2.96. The Bertz CT molecular complexity index is 750. The average molecular weight is 364 g/mol. The van der Waals surface area contributed by atoms with Gasteiger partial charge in [-0.05, 0) is 37.8 Å². The van der Waals surface area contributed by atoms with Gasteiger partial charge in [0.25, 0.3) is 0 Å². The Morgan fingerprint density at radius 2 is 1.67 bits per heavy atom. The molecule has 2 aliphatic rings. The van der Waals surface area contributed by atoms with Gasteiger partial charge < -0.3 is 0 Å². The van der Waals surface area contributed by atoms with Crippen molar-refractivity contribution in [3.8, 4) is 0 Å². The number of benzene rings is 1. The maximum atomic E-state index is 13.7. The number of carbonyl (C=O) groups excluding carboxylic acids is 1. The van der Waals surface area contributed by atoms with E-state index in [9.17, 15) is 30.8 Å². The molecule has 0 saturated carbocycles. The van der Waals surface area contributed by atoms with Crippen molar-refractivity contribution in [1.29, 1.82) is 0 Å². The van der Waals surface area contributed by atoms with E-state index in [0.717, 1.165) is 12.5 Å². The first-order chi connectivity index (χ1) is 11.1. The van der Waals surface area contributed by atoms with Crippen LogP contribution in [0, 0.1) is 11.7 Å². The summed E-state index contributed by atoms with van der Waals surface area (Å²) in [5, 5.41) is -1.14. The summed E-state index contributed by atoms with van der Waals surface area (Å²) in [6.07, 6.45) is -2.68. The summed E-state index contributed by atoms with van der Waals surface area (Å²) in [4.78, 5) is 12.5. The van der Waals surface area contributed by atoms with Gasteiger partial charge >= 0.3 is 6.18 Å². The molecule has 8 heteroatoms. The van der Waals surface area contributed by atoms with E-state index in [1.165, 1.54) is 0 Å². The van der Waals surface area contributed by atoms with Gasteiger partial charge in [-0.2, -0.15) is 13.2 Å². The fourth-order valence-corrected chi connectivity index (χ4v) is 6.29. The highest BCUT2D eigenvalue weighted by atomic mass is 32.2. The van der Waals surface area contributed by atoms with Crippen LogP contribution in [-0.4, -0.2) is 24.7 Å². The number of alkyl halides is 3. The minimum atomic E-state index is -4.82. The average Bonchev–Trinajstić information content (AvgIpc) is 2.43. The van der Waals surface area contributed by atoms with Crippen molar-refractivity contribution in [1.82, 2.24) is 0 Å². The Kier molecular flexibility index (Phi) is 4.22. The maximum Gasteiger partial charge on any atom is 0.419 e. The van der Waals surface area contributed by atoms with Crippen LogP contribution < -0.4 is 0 Å². The summed E-state index contributed by atoms with van der Waals surface area (Å²) >= 11 is 0. The first kappa shape index (κ1) is 17.4. The molecule has 2 bridgehead atoms. The molecule has 0 aromatic heterocycles. The number of sulfone groups is 1. The molecule has 1 aromatic rings. The van der Waals surface area contributed by atoms with E-state index < -0.39 is 49.6 Å². The summed E-state index contributed by atoms with van der Waals surface area (Å²) in [7, 11) is -3.22. The zero-order valence-corrected chi connectivity index (χ0v) is 13.5. The molecule has 2 atom stereocenters. The van der Waals surface area contributed by atoms with Crippen LogP contribution in [0.15, 0.2) is 18.2 Å². The molecule has 3 nitrogen and oxygen atoms in total. The van der Waals surface area contributed by atoms with Gasteiger partial charge in [0.15, 0.2) is 15.6 Å². The monoisotopic (exact) mass is 364 g/mol. The number of hydrogen-bond donors (Lipinski definition) is 0. The lowest BCUT2D eigenvalue weighted by Gasteiger charge is -2.38. The number of ketones is 1.